The van der Waals surface area contributed by atoms with Crippen LogP contribution in [0.4, 0.5) is 10.6 Å². The van der Waals surface area contributed by atoms with E-state index in [-0.39, 0.29) is 23.3 Å². The molecule has 0 bridgehead atoms. The number of hydrogen-bond acceptors (Lipinski definition) is 4. The number of carbonyl (C=O) groups is 2. The predicted octanol–water partition coefficient (Wildman–Crippen LogP) is 3.82. The van der Waals surface area contributed by atoms with E-state index >= 15 is 0 Å². The maximum Gasteiger partial charge on any atom is 0.407 e. The van der Waals surface area contributed by atoms with Gasteiger partial charge in [0, 0.05) is 30.4 Å². The van der Waals surface area contributed by atoms with Gasteiger partial charge in [0.1, 0.15) is 11.5 Å². The van der Waals surface area contributed by atoms with Crippen LogP contribution in [0.3, 0.4) is 0 Å². The first kappa shape index (κ1) is 21.4. The standard InChI is InChI=1S/C23H20ClN5O3/c1-15-11-17(8-7-16-5-3-2-4-6-16)12-25-21(15)27-22(30)20-19(24)13-26-29(20)18-9-10-28(14-18)23(31)32/h2-6,11-13,18H,9-10,14H2,1H3,(H,31,32)(H,25,27,30). The van der Waals surface area contributed by atoms with Crippen LogP contribution in [-0.2, 0) is 0 Å². The summed E-state index contributed by atoms with van der Waals surface area (Å²) in [6, 6.07) is 11.2. The highest BCUT2D eigenvalue weighted by atomic mass is 35.5. The van der Waals surface area contributed by atoms with Crippen molar-refractivity contribution in [3.63, 3.8) is 0 Å². The largest absolute Gasteiger partial charge is 0.465 e. The molecule has 1 aliphatic heterocycles. The first-order valence-electron chi connectivity index (χ1n) is 9.98. The summed E-state index contributed by atoms with van der Waals surface area (Å²) in [7, 11) is 0. The molecule has 3 heterocycles. The highest BCUT2D eigenvalue weighted by Crippen LogP contribution is 2.27. The molecule has 162 valence electrons. The number of nitrogens with one attached hydrogen (secondary N) is 1. The molecule has 1 aliphatic rings. The molecule has 3 aromatic rings. The Balaban J connectivity index is 1.51. The number of amides is 2. The van der Waals surface area contributed by atoms with Crippen LogP contribution in [-0.4, -0.2) is 49.9 Å². The first-order valence-corrected chi connectivity index (χ1v) is 10.4. The summed E-state index contributed by atoms with van der Waals surface area (Å²) in [5.41, 5.74) is 2.56. The third-order valence-electron chi connectivity index (χ3n) is 5.18. The molecule has 0 spiro atoms. The van der Waals surface area contributed by atoms with Gasteiger partial charge in [-0.3, -0.25) is 9.48 Å². The monoisotopic (exact) mass is 449 g/mol. The maximum atomic E-state index is 13.0. The van der Waals surface area contributed by atoms with Crippen LogP contribution in [0.25, 0.3) is 0 Å². The molecule has 1 unspecified atom stereocenters. The number of pyridine rings is 1. The van der Waals surface area contributed by atoms with Gasteiger partial charge < -0.3 is 15.3 Å². The van der Waals surface area contributed by atoms with Crippen LogP contribution < -0.4 is 5.32 Å². The van der Waals surface area contributed by atoms with Crippen LogP contribution in [0.15, 0.2) is 48.8 Å². The zero-order valence-electron chi connectivity index (χ0n) is 17.2. The van der Waals surface area contributed by atoms with Crippen molar-refractivity contribution in [2.45, 2.75) is 19.4 Å². The molecule has 1 atom stereocenters. The third kappa shape index (κ3) is 4.58. The van der Waals surface area contributed by atoms with E-state index in [1.54, 1.807) is 6.20 Å². The molecule has 2 N–H and O–H groups in total. The Hall–Kier alpha value is -3.83. The Kier molecular flexibility index (Phi) is 6.10. The molecule has 0 radical (unpaired) electrons. The van der Waals surface area contributed by atoms with E-state index in [1.807, 2.05) is 43.3 Å². The molecule has 2 amide bonds. The van der Waals surface area contributed by atoms with Gasteiger partial charge in [0.05, 0.1) is 17.3 Å². The topological polar surface area (TPSA) is 100 Å². The van der Waals surface area contributed by atoms with Crippen LogP contribution in [0, 0.1) is 18.8 Å². The van der Waals surface area contributed by atoms with E-state index in [1.165, 1.54) is 15.8 Å². The number of carboxylic acid groups (broad SMARTS) is 1. The van der Waals surface area contributed by atoms with Gasteiger partial charge in [0.25, 0.3) is 5.91 Å². The van der Waals surface area contributed by atoms with Gasteiger partial charge in [-0.15, -0.1) is 0 Å². The fourth-order valence-electron chi connectivity index (χ4n) is 3.55. The molecule has 0 saturated carbocycles. The molecule has 8 nitrogen and oxygen atoms in total. The maximum absolute atomic E-state index is 13.0. The zero-order chi connectivity index (χ0) is 22.7. The van der Waals surface area contributed by atoms with Gasteiger partial charge in [-0.25, -0.2) is 9.78 Å². The summed E-state index contributed by atoms with van der Waals surface area (Å²) in [6.45, 7) is 2.46. The van der Waals surface area contributed by atoms with Gasteiger partial charge in [-0.2, -0.15) is 5.10 Å². The van der Waals surface area contributed by atoms with Crippen molar-refractivity contribution in [3.8, 4) is 11.8 Å². The van der Waals surface area contributed by atoms with Crippen LogP contribution in [0.5, 0.6) is 0 Å². The van der Waals surface area contributed by atoms with Gasteiger partial charge in [0.15, 0.2) is 0 Å². The van der Waals surface area contributed by atoms with Crippen LogP contribution >= 0.6 is 11.6 Å². The molecule has 0 aliphatic carbocycles. The van der Waals surface area contributed by atoms with E-state index in [2.05, 4.69) is 27.2 Å². The summed E-state index contributed by atoms with van der Waals surface area (Å²) in [5, 5.41) is 16.4. The molecule has 4 rings (SSSR count). The Morgan fingerprint density at radius 1 is 1.19 bits per heavy atom. The van der Waals surface area contributed by atoms with E-state index in [4.69, 9.17) is 11.6 Å². The van der Waals surface area contributed by atoms with E-state index in [0.29, 0.717) is 18.8 Å². The van der Waals surface area contributed by atoms with Crippen molar-refractivity contribution < 1.29 is 14.7 Å². The molecule has 2 aromatic heterocycles. The Morgan fingerprint density at radius 3 is 2.62 bits per heavy atom. The minimum absolute atomic E-state index is 0.179. The molecular formula is C23H20ClN5O3. The lowest BCUT2D eigenvalue weighted by atomic mass is 10.1. The third-order valence-corrected chi connectivity index (χ3v) is 5.46. The summed E-state index contributed by atoms with van der Waals surface area (Å²) in [5.74, 6) is 6.07. The second-order valence-electron chi connectivity index (χ2n) is 7.42. The lowest BCUT2D eigenvalue weighted by molar-refractivity contribution is 0.101. The minimum atomic E-state index is -0.993. The molecule has 32 heavy (non-hydrogen) atoms. The normalized spacial score (nSPS) is 15.2. The van der Waals surface area contributed by atoms with Crippen molar-refractivity contribution in [1.29, 1.82) is 0 Å². The quantitative estimate of drug-likeness (QED) is 0.592. The number of hydrogen-bond donors (Lipinski definition) is 2. The number of halogens is 1. The number of aromatic nitrogens is 3. The van der Waals surface area contributed by atoms with Crippen molar-refractivity contribution in [2.75, 3.05) is 18.4 Å². The highest BCUT2D eigenvalue weighted by molar-refractivity contribution is 6.34. The van der Waals surface area contributed by atoms with Gasteiger partial charge >= 0.3 is 6.09 Å². The van der Waals surface area contributed by atoms with Crippen LogP contribution in [0.1, 0.15) is 39.6 Å². The smallest absolute Gasteiger partial charge is 0.407 e. The summed E-state index contributed by atoms with van der Waals surface area (Å²) in [6.07, 6.45) is 2.55. The average molecular weight is 450 g/mol. The number of nitrogens with zero attached hydrogens (tertiary/aromatic N) is 4. The number of carbonyl (C=O) groups excluding carboxylic acids is 1. The predicted molar refractivity (Wildman–Crippen MR) is 120 cm³/mol. The summed E-state index contributed by atoms with van der Waals surface area (Å²) < 4.78 is 1.50. The fourth-order valence-corrected chi connectivity index (χ4v) is 3.77. The Morgan fingerprint density at radius 2 is 1.94 bits per heavy atom. The first-order chi connectivity index (χ1) is 15.4. The number of aryl methyl sites for hydroxylation is 1. The van der Waals surface area contributed by atoms with Crippen LogP contribution in [0.2, 0.25) is 5.02 Å². The summed E-state index contributed by atoms with van der Waals surface area (Å²) in [4.78, 5) is 29.8. The molecule has 1 fully saturated rings. The fraction of sp³-hybridized carbons (Fsp3) is 0.217. The van der Waals surface area contributed by atoms with Gasteiger partial charge in [-0.05, 0) is 37.1 Å². The van der Waals surface area contributed by atoms with Gasteiger partial charge in [0.2, 0.25) is 0 Å². The average Bonchev–Trinajstić information content (AvgIpc) is 3.41. The highest BCUT2D eigenvalue weighted by Gasteiger charge is 2.31. The Bertz CT molecular complexity index is 1230. The van der Waals surface area contributed by atoms with Crippen molar-refractivity contribution in [3.05, 3.63) is 76.2 Å². The second kappa shape index (κ2) is 9.12. The van der Waals surface area contributed by atoms with E-state index < -0.39 is 12.0 Å². The van der Waals surface area contributed by atoms with E-state index in [0.717, 1.165) is 16.7 Å². The number of likely N-dealkylation sites (tertiary alicyclic amines) is 1. The minimum Gasteiger partial charge on any atom is -0.465 e. The second-order valence-corrected chi connectivity index (χ2v) is 7.82. The molecule has 1 saturated heterocycles. The number of anilines is 1. The van der Waals surface area contributed by atoms with Crippen molar-refractivity contribution in [1.82, 2.24) is 19.7 Å². The van der Waals surface area contributed by atoms with Crippen molar-refractivity contribution in [2.24, 2.45) is 0 Å². The van der Waals surface area contributed by atoms with Crippen molar-refractivity contribution >= 4 is 29.4 Å². The lowest BCUT2D eigenvalue weighted by Crippen LogP contribution is -2.28. The molecule has 9 heteroatoms. The number of benzene rings is 1. The molecule has 1 aromatic carbocycles. The SMILES string of the molecule is Cc1cc(C#Cc2ccccc2)cnc1NC(=O)c1c(Cl)cnn1C1CCN(C(=O)O)C1. The Labute approximate surface area is 189 Å². The van der Waals surface area contributed by atoms with Gasteiger partial charge in [-0.1, -0.05) is 41.6 Å². The summed E-state index contributed by atoms with van der Waals surface area (Å²) >= 11 is 6.24. The molecular weight excluding hydrogens is 430 g/mol. The lowest BCUT2D eigenvalue weighted by Gasteiger charge is -2.16. The van der Waals surface area contributed by atoms with E-state index in [9.17, 15) is 14.7 Å². The zero-order valence-corrected chi connectivity index (χ0v) is 18.0. The number of rotatable bonds is 3.